The average Bonchev–Trinajstić information content (AvgIpc) is 2.82. The molecule has 27 heavy (non-hydrogen) atoms. The Balaban J connectivity index is 2.19. The van der Waals surface area contributed by atoms with E-state index in [-0.39, 0.29) is 6.04 Å². The summed E-state index contributed by atoms with van der Waals surface area (Å²) in [6, 6.07) is -0.192. The molecule has 0 aromatic heterocycles. The maximum Gasteiger partial charge on any atom is 0.273 e. The number of hydrogen-bond acceptors (Lipinski definition) is 3. The summed E-state index contributed by atoms with van der Waals surface area (Å²) in [4.78, 5) is 2.23. The molecule has 0 radical (unpaired) electrons. The molecule has 2 aliphatic heterocycles. The van der Waals surface area contributed by atoms with Crippen molar-refractivity contribution in [1.29, 1.82) is 0 Å². The Kier molecular flexibility index (Phi) is 5.48. The van der Waals surface area contributed by atoms with Crippen molar-refractivity contribution in [2.24, 2.45) is 0 Å². The minimum absolute atomic E-state index is 0.280. The zero-order valence-corrected chi connectivity index (χ0v) is 19.1. The minimum Gasteiger partial charge on any atom is -0.466 e. The lowest BCUT2D eigenvalue weighted by molar-refractivity contribution is 0.156. The van der Waals surface area contributed by atoms with Gasteiger partial charge in [0.1, 0.15) is 6.61 Å². The van der Waals surface area contributed by atoms with Crippen LogP contribution in [0.15, 0.2) is 46.8 Å². The molecule has 0 amide bonds. The Labute approximate surface area is 165 Å². The van der Waals surface area contributed by atoms with Gasteiger partial charge in [0.15, 0.2) is 8.24 Å². The topological polar surface area (TPSA) is 15.7 Å². The Hall–Kier alpha value is -1.33. The monoisotopic (exact) mass is 390 g/mol. The van der Waals surface area contributed by atoms with Crippen molar-refractivity contribution in [3.8, 4) is 0 Å². The molecule has 0 aromatic carbocycles. The summed E-state index contributed by atoms with van der Waals surface area (Å²) in [5.74, 6) is 0. The van der Waals surface area contributed by atoms with Crippen LogP contribution in [0.2, 0.25) is 16.6 Å². The lowest BCUT2D eigenvalue weighted by Gasteiger charge is -2.50. The molecule has 0 N–H and O–H groups in total. The van der Waals surface area contributed by atoms with Crippen LogP contribution in [0.25, 0.3) is 0 Å². The molecule has 1 unspecified atom stereocenters. The highest BCUT2D eigenvalue weighted by molar-refractivity contribution is 6.81. The maximum absolute atomic E-state index is 14.3. The Morgan fingerprint density at radius 1 is 1.07 bits per heavy atom. The van der Waals surface area contributed by atoms with Crippen LogP contribution in [-0.4, -0.2) is 44.4 Å². The number of likely N-dealkylation sites (N-methyl/N-ethyl adjacent to an activating group) is 1. The molecular weight excluding hydrogens is 355 g/mol. The Morgan fingerprint density at radius 2 is 1.67 bits per heavy atom. The third-order valence-electron chi connectivity index (χ3n) is 6.80. The molecule has 0 bridgehead atoms. The molecule has 0 aromatic rings. The number of ether oxygens (including phenoxy) is 1. The summed E-state index contributed by atoms with van der Waals surface area (Å²) in [6.45, 7) is 14.5. The summed E-state index contributed by atoms with van der Waals surface area (Å²) in [6.07, 6.45) is 7.19. The number of halogens is 1. The van der Waals surface area contributed by atoms with Gasteiger partial charge in [-0.05, 0) is 60.1 Å². The van der Waals surface area contributed by atoms with Crippen molar-refractivity contribution < 1.29 is 9.13 Å². The van der Waals surface area contributed by atoms with Gasteiger partial charge in [0.05, 0.1) is 0 Å². The van der Waals surface area contributed by atoms with Crippen molar-refractivity contribution in [2.75, 3.05) is 20.7 Å². The van der Waals surface area contributed by atoms with Crippen molar-refractivity contribution in [3.63, 3.8) is 0 Å². The molecule has 0 saturated heterocycles. The number of allylic oxidation sites excluding steroid dienone is 3. The van der Waals surface area contributed by atoms with Gasteiger partial charge in [-0.2, -0.15) is 4.39 Å². The van der Waals surface area contributed by atoms with Gasteiger partial charge in [0, 0.05) is 23.9 Å². The van der Waals surface area contributed by atoms with E-state index in [1.54, 1.807) is 6.08 Å². The predicted octanol–water partition coefficient (Wildman–Crippen LogP) is 5.72. The molecule has 0 fully saturated rings. The molecule has 1 aliphatic carbocycles. The fourth-order valence-corrected chi connectivity index (χ4v) is 12.4. The second-order valence-corrected chi connectivity index (χ2v) is 15.1. The van der Waals surface area contributed by atoms with Crippen molar-refractivity contribution in [1.82, 2.24) is 9.47 Å². The summed E-state index contributed by atoms with van der Waals surface area (Å²) in [5.41, 5.74) is 6.55. The van der Waals surface area contributed by atoms with E-state index in [9.17, 15) is 4.39 Å². The van der Waals surface area contributed by atoms with Gasteiger partial charge >= 0.3 is 0 Å². The second kappa shape index (κ2) is 7.25. The predicted molar refractivity (Wildman–Crippen MR) is 113 cm³/mol. The van der Waals surface area contributed by atoms with E-state index in [1.165, 1.54) is 16.7 Å². The highest BCUT2D eigenvalue weighted by Crippen LogP contribution is 2.49. The molecule has 5 heteroatoms. The van der Waals surface area contributed by atoms with Crippen LogP contribution in [0, 0.1) is 0 Å². The van der Waals surface area contributed by atoms with E-state index in [1.807, 2.05) is 0 Å². The van der Waals surface area contributed by atoms with Crippen molar-refractivity contribution in [2.45, 2.75) is 70.6 Å². The number of nitrogens with zero attached hydrogens (tertiary/aromatic N) is 2. The first-order valence-corrected chi connectivity index (χ1v) is 12.4. The number of rotatable bonds is 5. The average molecular weight is 391 g/mol. The van der Waals surface area contributed by atoms with Crippen LogP contribution in [0.1, 0.15) is 48.0 Å². The van der Waals surface area contributed by atoms with E-state index in [0.29, 0.717) is 23.2 Å². The van der Waals surface area contributed by atoms with Crippen LogP contribution < -0.4 is 0 Å². The lowest BCUT2D eigenvalue weighted by atomic mass is 9.98. The quantitative estimate of drug-likeness (QED) is 0.559. The highest BCUT2D eigenvalue weighted by Gasteiger charge is 2.49. The second-order valence-electron chi connectivity index (χ2n) is 9.32. The number of hydrogen-bond donors (Lipinski definition) is 0. The van der Waals surface area contributed by atoms with E-state index in [4.69, 9.17) is 4.74 Å². The smallest absolute Gasteiger partial charge is 0.273 e. The summed E-state index contributed by atoms with van der Waals surface area (Å²) in [5, 5.41) is 0. The summed E-state index contributed by atoms with van der Waals surface area (Å²) < 4.78 is 22.2. The minimum atomic E-state index is -1.88. The molecule has 0 spiro atoms. The highest BCUT2D eigenvalue weighted by atomic mass is 28.3. The first kappa shape index (κ1) is 20.4. The van der Waals surface area contributed by atoms with Gasteiger partial charge in [-0.25, -0.2) is 0 Å². The Bertz CT molecular complexity index is 709. The first-order chi connectivity index (χ1) is 12.6. The normalized spacial score (nSPS) is 22.9. The molecule has 0 saturated carbocycles. The standard InChI is InChI=1S/C22H35FN2OSi/c1-14(2)27(15(3)4,16(5)6)25-11-17-9-20(24(7)8)19-13-26-21(23)10-18(12-25)22(17)19/h10-12,14-16,20H,9,13H2,1-8H3. The van der Waals surface area contributed by atoms with Gasteiger partial charge in [-0.3, -0.25) is 0 Å². The third-order valence-corrected chi connectivity index (χ3v) is 13.5. The maximum atomic E-state index is 14.3. The molecule has 150 valence electrons. The summed E-state index contributed by atoms with van der Waals surface area (Å²) in [7, 11) is 2.32. The van der Waals surface area contributed by atoms with Crippen molar-refractivity contribution >= 4 is 8.24 Å². The van der Waals surface area contributed by atoms with Crippen molar-refractivity contribution in [3.05, 3.63) is 46.8 Å². The van der Waals surface area contributed by atoms with Crippen LogP contribution in [-0.2, 0) is 4.74 Å². The molecule has 3 nitrogen and oxygen atoms in total. The van der Waals surface area contributed by atoms with Gasteiger partial charge in [-0.1, -0.05) is 41.5 Å². The van der Waals surface area contributed by atoms with E-state index in [2.05, 4.69) is 77.5 Å². The van der Waals surface area contributed by atoms with Gasteiger partial charge in [0.25, 0.3) is 6.01 Å². The fourth-order valence-electron chi connectivity index (χ4n) is 5.91. The lowest BCUT2D eigenvalue weighted by Crippen LogP contribution is -2.56. The van der Waals surface area contributed by atoms with Crippen LogP contribution in [0.4, 0.5) is 4.39 Å². The largest absolute Gasteiger partial charge is 0.466 e. The van der Waals surface area contributed by atoms with Crippen LogP contribution >= 0.6 is 0 Å². The molecular formula is C22H35FN2OSi. The zero-order chi connectivity index (χ0) is 20.1. The van der Waals surface area contributed by atoms with Crippen LogP contribution in [0.3, 0.4) is 0 Å². The van der Waals surface area contributed by atoms with Gasteiger partial charge in [-0.15, -0.1) is 0 Å². The van der Waals surface area contributed by atoms with E-state index < -0.39 is 14.2 Å². The van der Waals surface area contributed by atoms with Gasteiger partial charge < -0.3 is 14.2 Å². The molecule has 1 atom stereocenters. The zero-order valence-electron chi connectivity index (χ0n) is 18.1. The molecule has 3 aliphatic rings. The van der Waals surface area contributed by atoms with E-state index >= 15 is 0 Å². The van der Waals surface area contributed by atoms with Crippen LogP contribution in [0.5, 0.6) is 0 Å². The third kappa shape index (κ3) is 3.13. The molecule has 2 heterocycles. The van der Waals surface area contributed by atoms with E-state index in [0.717, 1.165) is 12.0 Å². The summed E-state index contributed by atoms with van der Waals surface area (Å²) >= 11 is 0. The first-order valence-electron chi connectivity index (χ1n) is 10.2. The SMILES string of the molecule is CC(C)[Si](C(C)C)(C(C)C)N1C=C2C=C(F)OCC3=C2C(=C1)CC3N(C)C. The Morgan fingerprint density at radius 3 is 2.19 bits per heavy atom. The van der Waals surface area contributed by atoms with Gasteiger partial charge in [0.2, 0.25) is 0 Å². The fraction of sp³-hybridized carbons (Fsp3) is 0.636. The molecule has 3 rings (SSSR count).